The van der Waals surface area contributed by atoms with Gasteiger partial charge in [0.15, 0.2) is 0 Å². The predicted molar refractivity (Wildman–Crippen MR) is 83.9 cm³/mol. The highest BCUT2D eigenvalue weighted by Gasteiger charge is 1.93. The molecule has 3 heteroatoms. The summed E-state index contributed by atoms with van der Waals surface area (Å²) in [6, 6.07) is 0. The summed E-state index contributed by atoms with van der Waals surface area (Å²) in [5, 5.41) is 2.04. The molecule has 0 unspecified atom stereocenters. The molecule has 0 atom stereocenters. The molecular weight excluding hydrogens is 276 g/mol. The first-order valence-corrected chi connectivity index (χ1v) is 7.18. The van der Waals surface area contributed by atoms with E-state index in [4.69, 9.17) is 0 Å². The summed E-state index contributed by atoms with van der Waals surface area (Å²) in [4.78, 5) is 0. The van der Waals surface area contributed by atoms with E-state index >= 15 is 0 Å². The summed E-state index contributed by atoms with van der Waals surface area (Å²) in [6.45, 7) is 3.41. The predicted octanol–water partition coefficient (Wildman–Crippen LogP) is 4.55. The first kappa shape index (κ1) is 19.7. The molecule has 0 aliphatic rings. The summed E-state index contributed by atoms with van der Waals surface area (Å²) in [6.07, 6.45) is 14.1. The summed E-state index contributed by atoms with van der Waals surface area (Å²) in [7, 11) is 4.10. The number of nitrogens with zero attached hydrogens (tertiary/aromatic N) is 1. The summed E-state index contributed by atoms with van der Waals surface area (Å²) < 4.78 is 0. The number of hydrazine groups is 1. The average Bonchev–Trinajstić information content (AvgIpc) is 2.25. The minimum Gasteiger partial charge on any atom is -0.256 e. The molecule has 0 aromatic carbocycles. The molecule has 0 saturated heterocycles. The molecule has 0 spiro atoms. The number of hydrogen-bond acceptors (Lipinski definition) is 2. The fraction of sp³-hybridized carbons (Fsp3) is 1.00. The molecule has 0 bridgehead atoms. The van der Waals surface area contributed by atoms with Crippen LogP contribution in [0.2, 0.25) is 0 Å². The summed E-state index contributed by atoms with van der Waals surface area (Å²) in [5.41, 5.74) is 3.30. The van der Waals surface area contributed by atoms with Crippen molar-refractivity contribution in [2.45, 2.75) is 71.1 Å². The second-order valence-corrected chi connectivity index (χ2v) is 4.98. The summed E-state index contributed by atoms with van der Waals surface area (Å²) in [5.74, 6) is 0. The lowest BCUT2D eigenvalue weighted by Gasteiger charge is -2.11. The molecule has 106 valence electrons. The van der Waals surface area contributed by atoms with Crippen molar-refractivity contribution in [2.24, 2.45) is 0 Å². The van der Waals surface area contributed by atoms with E-state index in [0.717, 1.165) is 6.54 Å². The Labute approximate surface area is 119 Å². The fourth-order valence-electron chi connectivity index (χ4n) is 1.92. The zero-order chi connectivity index (χ0) is 12.1. The summed E-state index contributed by atoms with van der Waals surface area (Å²) >= 11 is 0. The lowest BCUT2D eigenvalue weighted by Crippen LogP contribution is -2.30. The third kappa shape index (κ3) is 18.9. The normalized spacial score (nSPS) is 10.6. The first-order valence-electron chi connectivity index (χ1n) is 7.18. The van der Waals surface area contributed by atoms with Crippen molar-refractivity contribution in [1.82, 2.24) is 10.4 Å². The molecule has 0 aromatic rings. The topological polar surface area (TPSA) is 15.3 Å². The number of hydrogen-bond donors (Lipinski definition) is 1. The lowest BCUT2D eigenvalue weighted by atomic mass is 10.1. The van der Waals surface area contributed by atoms with Crippen molar-refractivity contribution in [3.8, 4) is 0 Å². The highest BCUT2D eigenvalue weighted by molar-refractivity contribution is 8.93. The van der Waals surface area contributed by atoms with Gasteiger partial charge < -0.3 is 0 Å². The monoisotopic (exact) mass is 308 g/mol. The van der Waals surface area contributed by atoms with E-state index in [0.29, 0.717) is 0 Å². The van der Waals surface area contributed by atoms with Crippen LogP contribution in [0.5, 0.6) is 0 Å². The van der Waals surface area contributed by atoms with Gasteiger partial charge in [0.25, 0.3) is 0 Å². The van der Waals surface area contributed by atoms with Crippen molar-refractivity contribution >= 4 is 17.0 Å². The highest BCUT2D eigenvalue weighted by atomic mass is 79.9. The molecule has 0 aliphatic carbocycles. The molecular formula is C14H33BrN2. The Balaban J connectivity index is 0. The smallest absolute Gasteiger partial charge is 0.0102 e. The Bertz CT molecular complexity index is 129. The van der Waals surface area contributed by atoms with Crippen molar-refractivity contribution in [2.75, 3.05) is 20.6 Å². The average molecular weight is 309 g/mol. The molecule has 0 saturated carbocycles. The zero-order valence-electron chi connectivity index (χ0n) is 12.1. The van der Waals surface area contributed by atoms with Crippen LogP contribution in [-0.4, -0.2) is 25.6 Å². The molecule has 0 fully saturated rings. The van der Waals surface area contributed by atoms with E-state index < -0.39 is 0 Å². The highest BCUT2D eigenvalue weighted by Crippen LogP contribution is 2.10. The van der Waals surface area contributed by atoms with E-state index in [1.165, 1.54) is 64.2 Å². The second kappa shape index (κ2) is 16.4. The van der Waals surface area contributed by atoms with Crippen molar-refractivity contribution < 1.29 is 0 Å². The van der Waals surface area contributed by atoms with Gasteiger partial charge in [0, 0.05) is 20.6 Å². The van der Waals surface area contributed by atoms with Gasteiger partial charge in [0.05, 0.1) is 0 Å². The Hall–Kier alpha value is 0.400. The Morgan fingerprint density at radius 3 is 1.53 bits per heavy atom. The van der Waals surface area contributed by atoms with E-state index in [9.17, 15) is 0 Å². The van der Waals surface area contributed by atoms with Crippen LogP contribution in [0.3, 0.4) is 0 Å². The molecule has 0 amide bonds. The van der Waals surface area contributed by atoms with Gasteiger partial charge in [0.2, 0.25) is 0 Å². The molecule has 0 heterocycles. The molecule has 17 heavy (non-hydrogen) atoms. The van der Waals surface area contributed by atoms with E-state index in [1.54, 1.807) is 0 Å². The molecule has 0 radical (unpaired) electrons. The SMILES string of the molecule is Br.CCCCCCCCCCCCNN(C)C. The zero-order valence-corrected chi connectivity index (χ0v) is 13.8. The third-order valence-electron chi connectivity index (χ3n) is 2.96. The van der Waals surface area contributed by atoms with Gasteiger partial charge in [-0.15, -0.1) is 17.0 Å². The molecule has 0 rings (SSSR count). The van der Waals surface area contributed by atoms with Crippen LogP contribution < -0.4 is 5.43 Å². The maximum atomic E-state index is 3.30. The van der Waals surface area contributed by atoms with Crippen LogP contribution in [0.15, 0.2) is 0 Å². The maximum Gasteiger partial charge on any atom is 0.0102 e. The van der Waals surface area contributed by atoms with Crippen molar-refractivity contribution in [3.05, 3.63) is 0 Å². The maximum absolute atomic E-state index is 3.30. The largest absolute Gasteiger partial charge is 0.256 e. The van der Waals surface area contributed by atoms with E-state index in [2.05, 4.69) is 26.4 Å². The van der Waals surface area contributed by atoms with Crippen LogP contribution in [0.1, 0.15) is 71.1 Å². The van der Waals surface area contributed by atoms with Crippen LogP contribution in [0.4, 0.5) is 0 Å². The second-order valence-electron chi connectivity index (χ2n) is 4.98. The van der Waals surface area contributed by atoms with Gasteiger partial charge in [-0.3, -0.25) is 10.4 Å². The van der Waals surface area contributed by atoms with Gasteiger partial charge in [-0.05, 0) is 6.42 Å². The minimum atomic E-state index is 0. The van der Waals surface area contributed by atoms with Gasteiger partial charge in [0.1, 0.15) is 0 Å². The number of halogens is 1. The van der Waals surface area contributed by atoms with Crippen LogP contribution in [0, 0.1) is 0 Å². The van der Waals surface area contributed by atoms with E-state index in [1.807, 2.05) is 5.01 Å². The fourth-order valence-corrected chi connectivity index (χ4v) is 1.92. The number of unbranched alkanes of at least 4 members (excludes halogenated alkanes) is 9. The van der Waals surface area contributed by atoms with Gasteiger partial charge in [-0.1, -0.05) is 64.7 Å². The molecule has 0 aliphatic heterocycles. The van der Waals surface area contributed by atoms with Gasteiger partial charge >= 0.3 is 0 Å². The van der Waals surface area contributed by atoms with Gasteiger partial charge in [-0.25, -0.2) is 0 Å². The lowest BCUT2D eigenvalue weighted by molar-refractivity contribution is 0.286. The Kier molecular flexibility index (Phi) is 19.0. The molecule has 2 nitrogen and oxygen atoms in total. The van der Waals surface area contributed by atoms with Crippen LogP contribution >= 0.6 is 17.0 Å². The van der Waals surface area contributed by atoms with Crippen LogP contribution in [-0.2, 0) is 0 Å². The quantitative estimate of drug-likeness (QED) is 0.420. The Morgan fingerprint density at radius 2 is 1.12 bits per heavy atom. The third-order valence-corrected chi connectivity index (χ3v) is 2.96. The van der Waals surface area contributed by atoms with Gasteiger partial charge in [-0.2, -0.15) is 0 Å². The van der Waals surface area contributed by atoms with E-state index in [-0.39, 0.29) is 17.0 Å². The van der Waals surface area contributed by atoms with Crippen LogP contribution in [0.25, 0.3) is 0 Å². The Morgan fingerprint density at radius 1 is 0.706 bits per heavy atom. The first-order chi connectivity index (χ1) is 7.77. The van der Waals surface area contributed by atoms with Crippen molar-refractivity contribution in [3.63, 3.8) is 0 Å². The number of rotatable bonds is 12. The van der Waals surface area contributed by atoms with Crippen molar-refractivity contribution in [1.29, 1.82) is 0 Å². The number of nitrogens with one attached hydrogen (secondary N) is 1. The standard InChI is InChI=1S/C14H32N2.BrH/c1-4-5-6-7-8-9-10-11-12-13-14-15-16(2)3;/h15H,4-14H2,1-3H3;1H. The minimum absolute atomic E-state index is 0. The molecule has 1 N–H and O–H groups in total. The molecule has 0 aromatic heterocycles.